The first-order valence-corrected chi connectivity index (χ1v) is 7.23. The molecule has 0 spiro atoms. The number of nitrogens with zero attached hydrogens (tertiary/aromatic N) is 1. The number of hydrogen-bond acceptors (Lipinski definition) is 2. The van der Waals surface area contributed by atoms with Crippen molar-refractivity contribution >= 4 is 0 Å². The fourth-order valence-corrected chi connectivity index (χ4v) is 3.10. The van der Waals surface area contributed by atoms with E-state index in [-0.39, 0.29) is 0 Å². The van der Waals surface area contributed by atoms with Gasteiger partial charge in [0, 0.05) is 19.6 Å². The first kappa shape index (κ1) is 12.0. The average Bonchev–Trinajstić information content (AvgIpc) is 2.55. The highest BCUT2D eigenvalue weighted by Crippen LogP contribution is 2.28. The number of fused-ring (bicyclic) bond motifs is 1. The number of benzene rings is 1. The molecule has 0 radical (unpaired) electrons. The van der Waals surface area contributed by atoms with Crippen LogP contribution >= 0.6 is 0 Å². The Balaban J connectivity index is 1.65. The molecule has 1 aliphatic heterocycles. The van der Waals surface area contributed by atoms with E-state index in [1.165, 1.54) is 62.9 Å². The van der Waals surface area contributed by atoms with Gasteiger partial charge in [0.2, 0.25) is 0 Å². The summed E-state index contributed by atoms with van der Waals surface area (Å²) < 4.78 is 5.33. The molecule has 1 aliphatic carbocycles. The fraction of sp³-hybridized carbons (Fsp3) is 0.625. The third-order valence-corrected chi connectivity index (χ3v) is 4.55. The van der Waals surface area contributed by atoms with Gasteiger partial charge < -0.3 is 9.64 Å². The quantitative estimate of drug-likeness (QED) is 0.812. The maximum absolute atomic E-state index is 5.33. The zero-order valence-corrected chi connectivity index (χ0v) is 11.3. The molecule has 0 amide bonds. The van der Waals surface area contributed by atoms with Crippen molar-refractivity contribution in [2.75, 3.05) is 26.7 Å². The summed E-state index contributed by atoms with van der Waals surface area (Å²) in [6.07, 6.45) is 6.75. The minimum absolute atomic E-state index is 0.987. The maximum atomic E-state index is 5.33. The predicted molar refractivity (Wildman–Crippen MR) is 74.2 cm³/mol. The number of rotatable bonds is 3. The topological polar surface area (TPSA) is 12.5 Å². The highest BCUT2D eigenvalue weighted by atomic mass is 16.5. The van der Waals surface area contributed by atoms with Crippen LogP contribution in [0.25, 0.3) is 0 Å². The standard InChI is InChI=1S/C16H23NO/c1-18-16-6-5-14-7-9-17(10-8-15(14)11-16)12-13-3-2-4-13/h5-6,11,13H,2-4,7-10,12H2,1H3. The first-order valence-electron chi connectivity index (χ1n) is 7.23. The molecule has 1 saturated carbocycles. The van der Waals surface area contributed by atoms with Crippen LogP contribution in [-0.2, 0) is 12.8 Å². The van der Waals surface area contributed by atoms with Gasteiger partial charge in [-0.25, -0.2) is 0 Å². The fourth-order valence-electron chi connectivity index (χ4n) is 3.10. The van der Waals surface area contributed by atoms with Crippen molar-refractivity contribution in [1.29, 1.82) is 0 Å². The minimum Gasteiger partial charge on any atom is -0.497 e. The van der Waals surface area contributed by atoms with Crippen molar-refractivity contribution in [1.82, 2.24) is 4.90 Å². The van der Waals surface area contributed by atoms with E-state index in [2.05, 4.69) is 23.1 Å². The Hall–Kier alpha value is -1.02. The third-order valence-electron chi connectivity index (χ3n) is 4.55. The van der Waals surface area contributed by atoms with Gasteiger partial charge in [0.05, 0.1) is 7.11 Å². The van der Waals surface area contributed by atoms with Crippen molar-refractivity contribution in [3.63, 3.8) is 0 Å². The smallest absolute Gasteiger partial charge is 0.119 e. The van der Waals surface area contributed by atoms with E-state index in [9.17, 15) is 0 Å². The van der Waals surface area contributed by atoms with Crippen LogP contribution in [-0.4, -0.2) is 31.6 Å². The molecule has 0 N–H and O–H groups in total. The molecule has 98 valence electrons. The molecule has 0 saturated heterocycles. The summed E-state index contributed by atoms with van der Waals surface area (Å²) in [7, 11) is 1.75. The van der Waals surface area contributed by atoms with Crippen LogP contribution in [0.2, 0.25) is 0 Å². The van der Waals surface area contributed by atoms with Crippen molar-refractivity contribution in [2.45, 2.75) is 32.1 Å². The Kier molecular flexibility index (Phi) is 3.55. The lowest BCUT2D eigenvalue weighted by molar-refractivity contribution is 0.183. The van der Waals surface area contributed by atoms with Gasteiger partial charge in [-0.3, -0.25) is 0 Å². The number of hydrogen-bond donors (Lipinski definition) is 0. The van der Waals surface area contributed by atoms with Crippen LogP contribution in [0.5, 0.6) is 5.75 Å². The van der Waals surface area contributed by atoms with E-state index in [0.717, 1.165) is 11.7 Å². The lowest BCUT2D eigenvalue weighted by Crippen LogP contribution is -2.34. The van der Waals surface area contributed by atoms with Crippen LogP contribution in [0.1, 0.15) is 30.4 Å². The van der Waals surface area contributed by atoms with Gasteiger partial charge in [0.1, 0.15) is 5.75 Å². The van der Waals surface area contributed by atoms with Crippen LogP contribution < -0.4 is 4.74 Å². The Morgan fingerprint density at radius 3 is 2.61 bits per heavy atom. The van der Waals surface area contributed by atoms with Crippen LogP contribution in [0.15, 0.2) is 18.2 Å². The molecule has 2 nitrogen and oxygen atoms in total. The number of methoxy groups -OCH3 is 1. The van der Waals surface area contributed by atoms with Gasteiger partial charge >= 0.3 is 0 Å². The molecule has 1 heterocycles. The Morgan fingerprint density at radius 2 is 1.94 bits per heavy atom. The third kappa shape index (κ3) is 2.54. The summed E-state index contributed by atoms with van der Waals surface area (Å²) in [5.74, 6) is 1.99. The molecule has 3 rings (SSSR count). The first-order chi connectivity index (χ1) is 8.85. The normalized spacial score (nSPS) is 20.9. The van der Waals surface area contributed by atoms with Crippen molar-refractivity contribution in [2.24, 2.45) is 5.92 Å². The molecule has 18 heavy (non-hydrogen) atoms. The summed E-state index contributed by atoms with van der Waals surface area (Å²) in [4.78, 5) is 2.66. The zero-order chi connectivity index (χ0) is 12.4. The summed E-state index contributed by atoms with van der Waals surface area (Å²) in [5, 5.41) is 0. The van der Waals surface area contributed by atoms with E-state index in [0.29, 0.717) is 0 Å². The molecular weight excluding hydrogens is 222 g/mol. The molecule has 0 bridgehead atoms. The zero-order valence-electron chi connectivity index (χ0n) is 11.3. The Bertz CT molecular complexity index is 412. The second kappa shape index (κ2) is 5.31. The lowest BCUT2D eigenvalue weighted by atomic mass is 9.85. The van der Waals surface area contributed by atoms with E-state index in [1.807, 2.05) is 0 Å². The predicted octanol–water partition coefficient (Wildman–Crippen LogP) is 2.90. The molecule has 0 atom stereocenters. The summed E-state index contributed by atoms with van der Waals surface area (Å²) in [6, 6.07) is 6.57. The van der Waals surface area contributed by atoms with Gasteiger partial charge in [-0.2, -0.15) is 0 Å². The van der Waals surface area contributed by atoms with Crippen molar-refractivity contribution in [3.05, 3.63) is 29.3 Å². The molecule has 1 aromatic rings. The summed E-state index contributed by atoms with van der Waals surface area (Å²) in [5.41, 5.74) is 3.01. The van der Waals surface area contributed by atoms with E-state index in [4.69, 9.17) is 4.74 Å². The largest absolute Gasteiger partial charge is 0.497 e. The van der Waals surface area contributed by atoms with Crippen LogP contribution in [0, 0.1) is 5.92 Å². The number of ether oxygens (including phenoxy) is 1. The van der Waals surface area contributed by atoms with E-state index < -0.39 is 0 Å². The molecular formula is C16H23NO. The van der Waals surface area contributed by atoms with Gasteiger partial charge in [-0.1, -0.05) is 12.5 Å². The molecule has 2 heteroatoms. The van der Waals surface area contributed by atoms with E-state index in [1.54, 1.807) is 7.11 Å². The SMILES string of the molecule is COc1ccc2c(c1)CCN(CC1CCC1)CC2. The lowest BCUT2D eigenvalue weighted by Gasteiger charge is -2.31. The Labute approximate surface area is 110 Å². The monoisotopic (exact) mass is 245 g/mol. The highest BCUT2D eigenvalue weighted by Gasteiger charge is 2.22. The average molecular weight is 245 g/mol. The molecule has 0 unspecified atom stereocenters. The summed E-state index contributed by atoms with van der Waals surface area (Å²) in [6.45, 7) is 3.78. The molecule has 1 fully saturated rings. The maximum Gasteiger partial charge on any atom is 0.119 e. The molecule has 2 aliphatic rings. The van der Waals surface area contributed by atoms with Gasteiger partial charge in [0.25, 0.3) is 0 Å². The van der Waals surface area contributed by atoms with Crippen molar-refractivity contribution < 1.29 is 4.74 Å². The Morgan fingerprint density at radius 1 is 1.17 bits per heavy atom. The second-order valence-electron chi connectivity index (χ2n) is 5.73. The van der Waals surface area contributed by atoms with Crippen LogP contribution in [0.3, 0.4) is 0 Å². The summed E-state index contributed by atoms with van der Waals surface area (Å²) >= 11 is 0. The van der Waals surface area contributed by atoms with Gasteiger partial charge in [0.15, 0.2) is 0 Å². The van der Waals surface area contributed by atoms with Gasteiger partial charge in [-0.05, 0) is 54.9 Å². The van der Waals surface area contributed by atoms with Gasteiger partial charge in [-0.15, -0.1) is 0 Å². The second-order valence-corrected chi connectivity index (χ2v) is 5.73. The van der Waals surface area contributed by atoms with Crippen LogP contribution in [0.4, 0.5) is 0 Å². The molecule has 1 aromatic carbocycles. The minimum atomic E-state index is 0.987. The van der Waals surface area contributed by atoms with E-state index >= 15 is 0 Å². The highest BCUT2D eigenvalue weighted by molar-refractivity contribution is 5.36. The molecule has 0 aromatic heterocycles. The van der Waals surface area contributed by atoms with Crippen molar-refractivity contribution in [3.8, 4) is 5.75 Å².